The number of benzene rings is 1. The fourth-order valence-corrected chi connectivity index (χ4v) is 1.91. The molecule has 0 saturated carbocycles. The predicted octanol–water partition coefficient (Wildman–Crippen LogP) is 2.57. The molecular weight excluding hydrogens is 231 g/mol. The molecule has 0 radical (unpaired) electrons. The van der Waals surface area contributed by atoms with Crippen LogP contribution in [0.15, 0.2) is 30.5 Å². The van der Waals surface area contributed by atoms with Gasteiger partial charge in [-0.2, -0.15) is 0 Å². The maximum absolute atomic E-state index is 12.9. The molecule has 3 aromatic rings. The van der Waals surface area contributed by atoms with Crippen LogP contribution in [0.1, 0.15) is 11.5 Å². The molecule has 0 aliphatic rings. The zero-order valence-corrected chi connectivity index (χ0v) is 10.1. The summed E-state index contributed by atoms with van der Waals surface area (Å²) in [6.07, 6.45) is 1.86. The van der Waals surface area contributed by atoms with Crippen LogP contribution in [-0.4, -0.2) is 19.7 Å². The summed E-state index contributed by atoms with van der Waals surface area (Å²) in [5.41, 5.74) is 2.35. The molecule has 0 N–H and O–H groups in total. The third-order valence-electron chi connectivity index (χ3n) is 2.77. The van der Waals surface area contributed by atoms with E-state index in [1.165, 1.54) is 12.1 Å². The monoisotopic (exact) mass is 242 g/mol. The Morgan fingerprint density at radius 2 is 1.78 bits per heavy atom. The van der Waals surface area contributed by atoms with E-state index in [9.17, 15) is 4.39 Å². The Labute approximate surface area is 103 Å². The summed E-state index contributed by atoms with van der Waals surface area (Å²) >= 11 is 0. The van der Waals surface area contributed by atoms with Crippen LogP contribution >= 0.6 is 0 Å². The van der Waals surface area contributed by atoms with Gasteiger partial charge in [0.1, 0.15) is 11.6 Å². The number of hydrogen-bond acceptors (Lipinski definition) is 3. The van der Waals surface area contributed by atoms with Crippen molar-refractivity contribution in [2.45, 2.75) is 13.8 Å². The molecule has 18 heavy (non-hydrogen) atoms. The van der Waals surface area contributed by atoms with Crippen LogP contribution in [0.5, 0.6) is 0 Å². The Bertz CT molecular complexity index is 716. The van der Waals surface area contributed by atoms with Gasteiger partial charge in [0, 0.05) is 6.20 Å². The molecule has 0 spiro atoms. The number of aromatic nitrogens is 4. The van der Waals surface area contributed by atoms with Crippen LogP contribution in [-0.2, 0) is 0 Å². The van der Waals surface area contributed by atoms with Crippen LogP contribution < -0.4 is 0 Å². The molecule has 0 bridgehead atoms. The van der Waals surface area contributed by atoms with E-state index in [2.05, 4.69) is 15.1 Å². The van der Waals surface area contributed by atoms with Crippen molar-refractivity contribution in [3.63, 3.8) is 0 Å². The summed E-state index contributed by atoms with van der Waals surface area (Å²) in [4.78, 5) is 8.58. The van der Waals surface area contributed by atoms with E-state index in [0.717, 1.165) is 16.8 Å². The second kappa shape index (κ2) is 3.87. The highest BCUT2D eigenvalue weighted by molar-refractivity contribution is 5.77. The highest BCUT2D eigenvalue weighted by atomic mass is 19.1. The van der Waals surface area contributed by atoms with Gasteiger partial charge in [-0.3, -0.25) is 0 Å². The van der Waals surface area contributed by atoms with Gasteiger partial charge in [-0.25, -0.2) is 19.0 Å². The summed E-state index contributed by atoms with van der Waals surface area (Å²) in [5, 5.41) is 5.28. The van der Waals surface area contributed by atoms with Gasteiger partial charge >= 0.3 is 0 Å². The first-order chi connectivity index (χ1) is 8.63. The van der Waals surface area contributed by atoms with Crippen LogP contribution in [0.4, 0.5) is 4.39 Å². The highest BCUT2D eigenvalue weighted by Crippen LogP contribution is 2.17. The van der Waals surface area contributed by atoms with Crippen molar-refractivity contribution >= 4 is 11.0 Å². The minimum absolute atomic E-state index is 0.262. The third-order valence-corrected chi connectivity index (χ3v) is 2.77. The van der Waals surface area contributed by atoms with E-state index in [4.69, 9.17) is 0 Å². The lowest BCUT2D eigenvalue weighted by Crippen LogP contribution is -1.94. The highest BCUT2D eigenvalue weighted by Gasteiger charge is 2.08. The first-order valence-corrected chi connectivity index (χ1v) is 5.60. The van der Waals surface area contributed by atoms with Crippen molar-refractivity contribution in [2.24, 2.45) is 0 Å². The normalized spacial score (nSPS) is 11.1. The van der Waals surface area contributed by atoms with Crippen LogP contribution in [0.25, 0.3) is 16.7 Å². The van der Waals surface area contributed by atoms with Gasteiger partial charge < -0.3 is 0 Å². The van der Waals surface area contributed by atoms with Gasteiger partial charge in [-0.05, 0) is 38.1 Å². The Hall–Kier alpha value is -2.30. The minimum atomic E-state index is -0.262. The average molecular weight is 242 g/mol. The molecule has 2 heterocycles. The van der Waals surface area contributed by atoms with E-state index >= 15 is 0 Å². The van der Waals surface area contributed by atoms with Crippen LogP contribution in [0.3, 0.4) is 0 Å². The maximum atomic E-state index is 12.9. The molecule has 0 saturated heterocycles. The number of aryl methyl sites for hydroxylation is 2. The van der Waals surface area contributed by atoms with Crippen molar-refractivity contribution < 1.29 is 4.39 Å². The SMILES string of the molecule is Cc1nc(C)c2cn(-c3ccc(F)cc3)nc2n1. The van der Waals surface area contributed by atoms with E-state index < -0.39 is 0 Å². The lowest BCUT2D eigenvalue weighted by atomic mass is 10.3. The number of fused-ring (bicyclic) bond motifs is 1. The molecule has 2 aromatic heterocycles. The lowest BCUT2D eigenvalue weighted by Gasteiger charge is -1.98. The number of nitrogens with zero attached hydrogens (tertiary/aromatic N) is 4. The molecule has 3 rings (SSSR count). The van der Waals surface area contributed by atoms with Crippen LogP contribution in [0, 0.1) is 19.7 Å². The number of rotatable bonds is 1. The molecule has 90 valence electrons. The average Bonchev–Trinajstić information content (AvgIpc) is 2.74. The van der Waals surface area contributed by atoms with Gasteiger partial charge in [0.05, 0.1) is 16.8 Å². The molecule has 0 aliphatic carbocycles. The molecule has 0 atom stereocenters. The first kappa shape index (κ1) is 10.8. The Balaban J connectivity index is 2.19. The van der Waals surface area contributed by atoms with Crippen molar-refractivity contribution in [3.05, 3.63) is 47.8 Å². The predicted molar refractivity (Wildman–Crippen MR) is 66.1 cm³/mol. The van der Waals surface area contributed by atoms with Crippen molar-refractivity contribution in [1.82, 2.24) is 19.7 Å². The van der Waals surface area contributed by atoms with Gasteiger partial charge in [0.15, 0.2) is 5.65 Å². The summed E-state index contributed by atoms with van der Waals surface area (Å²) in [6, 6.07) is 6.17. The van der Waals surface area contributed by atoms with E-state index in [1.807, 2.05) is 20.0 Å². The maximum Gasteiger partial charge on any atom is 0.185 e. The molecular formula is C13H11FN4. The summed E-state index contributed by atoms with van der Waals surface area (Å²) < 4.78 is 14.6. The molecule has 0 aliphatic heterocycles. The second-order valence-corrected chi connectivity index (χ2v) is 4.14. The first-order valence-electron chi connectivity index (χ1n) is 5.60. The fraction of sp³-hybridized carbons (Fsp3) is 0.154. The molecule has 5 heteroatoms. The summed E-state index contributed by atoms with van der Waals surface area (Å²) in [7, 11) is 0. The van der Waals surface area contributed by atoms with Gasteiger partial charge in [-0.15, -0.1) is 5.10 Å². The molecule has 0 fully saturated rings. The zero-order chi connectivity index (χ0) is 12.7. The van der Waals surface area contributed by atoms with Crippen LogP contribution in [0.2, 0.25) is 0 Å². The largest absolute Gasteiger partial charge is 0.238 e. The quantitative estimate of drug-likeness (QED) is 0.658. The summed E-state index contributed by atoms with van der Waals surface area (Å²) in [5.74, 6) is 0.437. The molecule has 1 aromatic carbocycles. The van der Waals surface area contributed by atoms with Crippen molar-refractivity contribution in [3.8, 4) is 5.69 Å². The number of hydrogen-bond donors (Lipinski definition) is 0. The Morgan fingerprint density at radius 1 is 1.06 bits per heavy atom. The van der Waals surface area contributed by atoms with Crippen molar-refractivity contribution in [2.75, 3.05) is 0 Å². The zero-order valence-electron chi connectivity index (χ0n) is 10.1. The second-order valence-electron chi connectivity index (χ2n) is 4.14. The summed E-state index contributed by atoms with van der Waals surface area (Å²) in [6.45, 7) is 3.76. The molecule has 4 nitrogen and oxygen atoms in total. The standard InChI is InChI=1S/C13H11FN4/c1-8-12-7-18(11-5-3-10(14)4-6-11)17-13(12)16-9(2)15-8/h3-7H,1-2H3. The van der Waals surface area contributed by atoms with Crippen molar-refractivity contribution in [1.29, 1.82) is 0 Å². The minimum Gasteiger partial charge on any atom is -0.238 e. The lowest BCUT2D eigenvalue weighted by molar-refractivity contribution is 0.627. The van der Waals surface area contributed by atoms with Gasteiger partial charge in [0.2, 0.25) is 0 Å². The van der Waals surface area contributed by atoms with E-state index in [0.29, 0.717) is 11.5 Å². The van der Waals surface area contributed by atoms with Gasteiger partial charge in [0.25, 0.3) is 0 Å². The molecule has 0 amide bonds. The fourth-order valence-electron chi connectivity index (χ4n) is 1.91. The van der Waals surface area contributed by atoms with E-state index in [1.54, 1.807) is 16.8 Å². The third kappa shape index (κ3) is 1.73. The van der Waals surface area contributed by atoms with Gasteiger partial charge in [-0.1, -0.05) is 0 Å². The topological polar surface area (TPSA) is 43.6 Å². The Kier molecular flexibility index (Phi) is 2.33. The molecule has 0 unspecified atom stereocenters. The van der Waals surface area contributed by atoms with E-state index in [-0.39, 0.29) is 5.82 Å². The smallest absolute Gasteiger partial charge is 0.185 e. The number of halogens is 1. The Morgan fingerprint density at radius 3 is 2.50 bits per heavy atom.